The molecule has 0 aromatic carbocycles. The van der Waals surface area contributed by atoms with Crippen LogP contribution in [-0.2, 0) is 14.0 Å². The Morgan fingerprint density at radius 2 is 1.07 bits per heavy atom. The highest BCUT2D eigenvalue weighted by atomic mass is 31.2. The second kappa shape index (κ2) is 21.9. The average molecular weight is 603 g/mol. The van der Waals surface area contributed by atoms with E-state index in [9.17, 15) is 9.36 Å². The second-order valence-corrected chi connectivity index (χ2v) is 14.6. The number of carbonyl (C=O) groups is 1. The van der Waals surface area contributed by atoms with Gasteiger partial charge in [-0.1, -0.05) is 77.6 Å². The van der Waals surface area contributed by atoms with Gasteiger partial charge in [-0.25, -0.2) is 4.79 Å². The second-order valence-electron chi connectivity index (χ2n) is 12.9. The van der Waals surface area contributed by atoms with Crippen LogP contribution in [0.5, 0.6) is 0 Å². The first-order chi connectivity index (χ1) is 19.7. The summed E-state index contributed by atoms with van der Waals surface area (Å²) in [5.41, 5.74) is 0. The van der Waals surface area contributed by atoms with Gasteiger partial charge in [0.05, 0.1) is 12.8 Å². The Bertz CT molecular complexity index is 634. The molecule has 9 heteroatoms. The van der Waals surface area contributed by atoms with Crippen LogP contribution in [0.4, 0.5) is 4.79 Å². The molecular formula is C32H63N2O6P. The number of fused-ring (bicyclic) bond motifs is 6. The smallest absolute Gasteiger partial charge is 0.434 e. The van der Waals surface area contributed by atoms with Crippen LogP contribution < -0.4 is 0 Å². The number of nitrogens with zero attached hydrogens (tertiary/aromatic N) is 2. The van der Waals surface area contributed by atoms with Crippen LogP contribution in [0.3, 0.4) is 0 Å². The van der Waals surface area contributed by atoms with Crippen molar-refractivity contribution in [2.24, 2.45) is 11.8 Å². The van der Waals surface area contributed by atoms with Crippen molar-refractivity contribution in [3.05, 3.63) is 0 Å². The first-order valence-corrected chi connectivity index (χ1v) is 18.9. The lowest BCUT2D eigenvalue weighted by molar-refractivity contribution is 0.0334. The van der Waals surface area contributed by atoms with E-state index in [0.717, 1.165) is 31.1 Å². The standard InChI is InChI=1S/C18H37O6P.2C7H13N/c1-3-4-5-6-7-8-9-10-11-12-13-14-15-23-18(19)24-17(2)16-25(20,21)22;2*1-4-8-5-2-7(1)3-6-8/h17H,3-16H2,1-2H3,(H2,20,21,22);2*7H,1-6H2/t17-;;/m1../s1. The van der Waals surface area contributed by atoms with E-state index in [4.69, 9.17) is 19.3 Å². The molecule has 6 aliphatic rings. The molecule has 0 aliphatic carbocycles. The quantitative estimate of drug-likeness (QED) is 0.106. The number of rotatable bonds is 16. The molecule has 242 valence electrons. The van der Waals surface area contributed by atoms with Crippen LogP contribution in [0.15, 0.2) is 0 Å². The number of ether oxygens (including phenoxy) is 2. The largest absolute Gasteiger partial charge is 0.508 e. The molecule has 1 atom stereocenters. The lowest BCUT2D eigenvalue weighted by atomic mass is 9.89. The molecule has 0 aromatic rings. The molecule has 6 saturated heterocycles. The summed E-state index contributed by atoms with van der Waals surface area (Å²) < 4.78 is 20.5. The van der Waals surface area contributed by atoms with Crippen LogP contribution in [0.1, 0.15) is 129 Å². The Balaban J connectivity index is 0.000000286. The monoisotopic (exact) mass is 602 g/mol. The van der Waals surface area contributed by atoms with E-state index >= 15 is 0 Å². The molecule has 0 unspecified atom stereocenters. The van der Waals surface area contributed by atoms with Gasteiger partial charge in [-0.05, 0) is 103 Å². The Labute approximate surface area is 251 Å². The Hall–Kier alpha value is -0.660. The summed E-state index contributed by atoms with van der Waals surface area (Å²) in [6, 6.07) is 0. The molecule has 6 fully saturated rings. The summed E-state index contributed by atoms with van der Waals surface area (Å²) in [7, 11) is -4.17. The molecule has 8 nitrogen and oxygen atoms in total. The maximum Gasteiger partial charge on any atom is 0.508 e. The SMILES string of the molecule is C1CN2CCC1CC2.C1CN2CCC1CC2.CCCCCCCCCCCCCCOC(=O)O[C@H](C)CP(=O)(O)O. The maximum absolute atomic E-state index is 11.3. The third kappa shape index (κ3) is 19.3. The molecule has 41 heavy (non-hydrogen) atoms. The molecule has 6 aliphatic heterocycles. The van der Waals surface area contributed by atoms with E-state index in [1.165, 1.54) is 143 Å². The molecule has 0 aromatic heterocycles. The highest BCUT2D eigenvalue weighted by Crippen LogP contribution is 2.35. The van der Waals surface area contributed by atoms with Gasteiger partial charge in [-0.2, -0.15) is 0 Å². The number of carbonyl (C=O) groups excluding carboxylic acids is 1. The van der Waals surface area contributed by atoms with Gasteiger partial charge >= 0.3 is 13.8 Å². The van der Waals surface area contributed by atoms with Gasteiger partial charge in [-0.3, -0.25) is 4.57 Å². The van der Waals surface area contributed by atoms with Crippen LogP contribution >= 0.6 is 7.60 Å². The van der Waals surface area contributed by atoms with Crippen molar-refractivity contribution in [3.8, 4) is 0 Å². The van der Waals surface area contributed by atoms with Crippen molar-refractivity contribution in [1.82, 2.24) is 9.80 Å². The van der Waals surface area contributed by atoms with E-state index in [-0.39, 0.29) is 0 Å². The van der Waals surface area contributed by atoms with Gasteiger partial charge < -0.3 is 29.1 Å². The Morgan fingerprint density at radius 3 is 1.37 bits per heavy atom. The molecule has 2 N–H and O–H groups in total. The highest BCUT2D eigenvalue weighted by Gasteiger charge is 2.25. The Morgan fingerprint density at radius 1 is 0.707 bits per heavy atom. The van der Waals surface area contributed by atoms with E-state index in [1.807, 2.05) is 0 Å². The van der Waals surface area contributed by atoms with Crippen molar-refractivity contribution in [2.45, 2.75) is 136 Å². The summed E-state index contributed by atoms with van der Waals surface area (Å²) in [6.45, 7) is 12.3. The number of hydrogen-bond donors (Lipinski definition) is 2. The molecule has 0 saturated carbocycles. The van der Waals surface area contributed by atoms with E-state index in [0.29, 0.717) is 6.61 Å². The zero-order valence-electron chi connectivity index (χ0n) is 26.5. The van der Waals surface area contributed by atoms with Gasteiger partial charge in [0.2, 0.25) is 0 Å². The lowest BCUT2D eigenvalue weighted by Crippen LogP contribution is -2.41. The van der Waals surface area contributed by atoms with Gasteiger partial charge in [0.25, 0.3) is 0 Å². The van der Waals surface area contributed by atoms with Gasteiger partial charge in [-0.15, -0.1) is 0 Å². The van der Waals surface area contributed by atoms with Crippen molar-refractivity contribution in [2.75, 3.05) is 52.0 Å². The van der Waals surface area contributed by atoms with Crippen LogP contribution in [0.25, 0.3) is 0 Å². The predicted octanol–water partition coefficient (Wildman–Crippen LogP) is 7.61. The maximum atomic E-state index is 11.3. The zero-order chi connectivity index (χ0) is 29.8. The summed E-state index contributed by atoms with van der Waals surface area (Å²) in [6.07, 6.45) is 21.6. The predicted molar refractivity (Wildman–Crippen MR) is 167 cm³/mol. The van der Waals surface area contributed by atoms with E-state index in [2.05, 4.69) is 16.7 Å². The molecule has 4 bridgehead atoms. The van der Waals surface area contributed by atoms with Gasteiger partial charge in [0.15, 0.2) is 0 Å². The number of unbranched alkanes of at least 4 members (excludes halogenated alkanes) is 11. The molecule has 0 radical (unpaired) electrons. The Kier molecular flexibility index (Phi) is 19.5. The fourth-order valence-electron chi connectivity index (χ4n) is 6.40. The fourth-order valence-corrected chi connectivity index (χ4v) is 7.14. The first kappa shape index (κ1) is 36.5. The first-order valence-electron chi connectivity index (χ1n) is 17.1. The van der Waals surface area contributed by atoms with E-state index in [1.54, 1.807) is 0 Å². The molecule has 0 spiro atoms. The molecule has 6 heterocycles. The van der Waals surface area contributed by atoms with Crippen LogP contribution in [-0.4, -0.2) is 83.9 Å². The third-order valence-electron chi connectivity index (χ3n) is 9.13. The summed E-state index contributed by atoms with van der Waals surface area (Å²) in [5, 5.41) is 0. The molecule has 0 amide bonds. The zero-order valence-corrected chi connectivity index (χ0v) is 27.4. The van der Waals surface area contributed by atoms with Gasteiger partial charge in [0.1, 0.15) is 6.10 Å². The summed E-state index contributed by atoms with van der Waals surface area (Å²) >= 11 is 0. The van der Waals surface area contributed by atoms with Crippen molar-refractivity contribution < 1.29 is 28.6 Å². The minimum Gasteiger partial charge on any atom is -0.434 e. The van der Waals surface area contributed by atoms with Crippen molar-refractivity contribution >= 4 is 13.8 Å². The minimum atomic E-state index is -4.17. The van der Waals surface area contributed by atoms with Crippen molar-refractivity contribution in [3.63, 3.8) is 0 Å². The van der Waals surface area contributed by atoms with Crippen molar-refractivity contribution in [1.29, 1.82) is 0 Å². The highest BCUT2D eigenvalue weighted by molar-refractivity contribution is 7.51. The fraction of sp³-hybridized carbons (Fsp3) is 0.969. The van der Waals surface area contributed by atoms with Gasteiger partial charge in [0, 0.05) is 0 Å². The molecule has 6 rings (SSSR count). The number of piperidine rings is 6. The average Bonchev–Trinajstić information content (AvgIpc) is 2.97. The topological polar surface area (TPSA) is 99.5 Å². The van der Waals surface area contributed by atoms with Crippen LogP contribution in [0.2, 0.25) is 0 Å². The summed E-state index contributed by atoms with van der Waals surface area (Å²) in [5.74, 6) is 2.22. The summed E-state index contributed by atoms with van der Waals surface area (Å²) in [4.78, 5) is 34.1. The van der Waals surface area contributed by atoms with Crippen LogP contribution in [0, 0.1) is 11.8 Å². The molecular weight excluding hydrogens is 539 g/mol. The number of hydrogen-bond acceptors (Lipinski definition) is 6. The lowest BCUT2D eigenvalue weighted by Gasteiger charge is -2.38. The van der Waals surface area contributed by atoms with E-state index < -0.39 is 26.0 Å². The third-order valence-corrected chi connectivity index (χ3v) is 10.1. The normalized spacial score (nSPS) is 25.4. The minimum absolute atomic E-state index is 0.291.